The van der Waals surface area contributed by atoms with Gasteiger partial charge in [0.05, 0.1) is 14.6 Å². The minimum Gasteiger partial charge on any atom is -0.337 e. The zero-order chi connectivity index (χ0) is 14.2. The molecular formula is C11H10Br2F3NOS. The maximum absolute atomic E-state index is 12.7. The van der Waals surface area contributed by atoms with Gasteiger partial charge in [-0.2, -0.15) is 13.2 Å². The SMILES string of the molecule is O=C(c1cc(Br)c(Br)s1)N1CCCC(C(F)(F)F)C1. The molecule has 1 atom stereocenters. The highest BCUT2D eigenvalue weighted by atomic mass is 79.9. The molecule has 106 valence electrons. The zero-order valence-electron chi connectivity index (χ0n) is 9.64. The molecule has 2 heterocycles. The lowest BCUT2D eigenvalue weighted by molar-refractivity contribution is -0.184. The molecular weight excluding hydrogens is 411 g/mol. The lowest BCUT2D eigenvalue weighted by Crippen LogP contribution is -2.44. The average molecular weight is 421 g/mol. The van der Waals surface area contributed by atoms with Crippen LogP contribution in [0.2, 0.25) is 0 Å². The molecule has 0 aliphatic carbocycles. The highest BCUT2D eigenvalue weighted by molar-refractivity contribution is 9.13. The van der Waals surface area contributed by atoms with Crippen molar-refractivity contribution in [3.63, 3.8) is 0 Å². The number of carbonyl (C=O) groups is 1. The lowest BCUT2D eigenvalue weighted by atomic mass is 9.97. The molecule has 0 N–H and O–H groups in total. The van der Waals surface area contributed by atoms with Gasteiger partial charge in [-0.25, -0.2) is 0 Å². The van der Waals surface area contributed by atoms with Gasteiger partial charge in [-0.1, -0.05) is 0 Å². The van der Waals surface area contributed by atoms with Crippen LogP contribution in [0.5, 0.6) is 0 Å². The Morgan fingerprint density at radius 1 is 1.42 bits per heavy atom. The van der Waals surface area contributed by atoms with Crippen molar-refractivity contribution in [2.75, 3.05) is 13.1 Å². The Bertz CT molecular complexity index is 469. The highest BCUT2D eigenvalue weighted by Gasteiger charge is 2.42. The fourth-order valence-corrected chi connectivity index (χ4v) is 4.04. The molecule has 1 aliphatic rings. The van der Waals surface area contributed by atoms with E-state index in [9.17, 15) is 18.0 Å². The number of piperidine rings is 1. The second kappa shape index (κ2) is 5.73. The van der Waals surface area contributed by atoms with E-state index in [2.05, 4.69) is 31.9 Å². The summed E-state index contributed by atoms with van der Waals surface area (Å²) in [7, 11) is 0. The van der Waals surface area contributed by atoms with Crippen molar-refractivity contribution in [1.82, 2.24) is 4.90 Å². The number of likely N-dealkylation sites (tertiary alicyclic amines) is 1. The number of nitrogens with zero attached hydrogens (tertiary/aromatic N) is 1. The van der Waals surface area contributed by atoms with Gasteiger partial charge in [-0.05, 0) is 50.8 Å². The van der Waals surface area contributed by atoms with Crippen LogP contribution in [0.25, 0.3) is 0 Å². The van der Waals surface area contributed by atoms with Crippen molar-refractivity contribution >= 4 is 49.1 Å². The van der Waals surface area contributed by atoms with Crippen LogP contribution in [-0.4, -0.2) is 30.1 Å². The van der Waals surface area contributed by atoms with Crippen molar-refractivity contribution in [2.45, 2.75) is 19.0 Å². The van der Waals surface area contributed by atoms with E-state index in [4.69, 9.17) is 0 Å². The van der Waals surface area contributed by atoms with E-state index in [0.717, 1.165) is 8.26 Å². The molecule has 0 aromatic carbocycles. The maximum atomic E-state index is 12.7. The zero-order valence-corrected chi connectivity index (χ0v) is 13.6. The third-order valence-electron chi connectivity index (χ3n) is 3.03. The van der Waals surface area contributed by atoms with Crippen LogP contribution in [0.3, 0.4) is 0 Å². The molecule has 1 fully saturated rings. The number of halogens is 5. The molecule has 19 heavy (non-hydrogen) atoms. The molecule has 0 spiro atoms. The minimum absolute atomic E-state index is 0.102. The van der Waals surface area contributed by atoms with Crippen LogP contribution in [0, 0.1) is 5.92 Å². The molecule has 1 aliphatic heterocycles. The number of hydrogen-bond acceptors (Lipinski definition) is 2. The normalized spacial score (nSPS) is 20.7. The van der Waals surface area contributed by atoms with Crippen molar-refractivity contribution < 1.29 is 18.0 Å². The number of rotatable bonds is 1. The van der Waals surface area contributed by atoms with Gasteiger partial charge < -0.3 is 4.90 Å². The summed E-state index contributed by atoms with van der Waals surface area (Å²) in [5.41, 5.74) is 0. The van der Waals surface area contributed by atoms with Gasteiger partial charge in [0.1, 0.15) is 0 Å². The number of alkyl halides is 3. The van der Waals surface area contributed by atoms with E-state index in [1.165, 1.54) is 16.2 Å². The molecule has 0 radical (unpaired) electrons. The first-order valence-electron chi connectivity index (χ1n) is 5.60. The van der Waals surface area contributed by atoms with Crippen LogP contribution in [0.4, 0.5) is 13.2 Å². The van der Waals surface area contributed by atoms with E-state index in [0.29, 0.717) is 17.8 Å². The fourth-order valence-electron chi connectivity index (χ4n) is 2.04. The topological polar surface area (TPSA) is 20.3 Å². The number of amides is 1. The van der Waals surface area contributed by atoms with Crippen LogP contribution in [0.1, 0.15) is 22.5 Å². The Morgan fingerprint density at radius 3 is 2.63 bits per heavy atom. The van der Waals surface area contributed by atoms with Gasteiger partial charge in [-0.3, -0.25) is 4.79 Å². The minimum atomic E-state index is -4.23. The summed E-state index contributed by atoms with van der Waals surface area (Å²) in [4.78, 5) is 13.9. The van der Waals surface area contributed by atoms with Gasteiger partial charge in [0.25, 0.3) is 5.91 Å². The Labute approximate surface area is 129 Å². The summed E-state index contributed by atoms with van der Waals surface area (Å²) >= 11 is 7.76. The van der Waals surface area contributed by atoms with Crippen LogP contribution in [-0.2, 0) is 0 Å². The van der Waals surface area contributed by atoms with E-state index in [1.54, 1.807) is 6.07 Å². The van der Waals surface area contributed by atoms with Crippen LogP contribution < -0.4 is 0 Å². The third kappa shape index (κ3) is 3.52. The summed E-state index contributed by atoms with van der Waals surface area (Å²) in [5.74, 6) is -1.73. The summed E-state index contributed by atoms with van der Waals surface area (Å²) in [6.45, 7) is 0.147. The predicted molar refractivity (Wildman–Crippen MR) is 74.4 cm³/mol. The Hall–Kier alpha value is -0.0800. The summed E-state index contributed by atoms with van der Waals surface area (Å²) < 4.78 is 39.6. The Balaban J connectivity index is 2.11. The summed E-state index contributed by atoms with van der Waals surface area (Å²) in [5, 5.41) is 0. The third-order valence-corrected chi connectivity index (χ3v) is 6.27. The molecule has 1 aromatic heterocycles. The van der Waals surface area contributed by atoms with E-state index >= 15 is 0 Å². The molecule has 2 nitrogen and oxygen atoms in total. The van der Waals surface area contributed by atoms with Gasteiger partial charge in [0, 0.05) is 17.6 Å². The van der Waals surface area contributed by atoms with Gasteiger partial charge in [0.2, 0.25) is 0 Å². The quantitative estimate of drug-likeness (QED) is 0.645. The predicted octanol–water partition coefficient (Wildman–Crippen LogP) is 4.69. The second-order valence-electron chi connectivity index (χ2n) is 4.36. The summed E-state index contributed by atoms with van der Waals surface area (Å²) in [6, 6.07) is 1.63. The lowest BCUT2D eigenvalue weighted by Gasteiger charge is -2.33. The van der Waals surface area contributed by atoms with Crippen molar-refractivity contribution in [2.24, 2.45) is 5.92 Å². The fraction of sp³-hybridized carbons (Fsp3) is 0.545. The molecule has 1 aromatic rings. The van der Waals surface area contributed by atoms with Gasteiger partial charge >= 0.3 is 6.18 Å². The molecule has 0 saturated carbocycles. The number of thiophene rings is 1. The van der Waals surface area contributed by atoms with Gasteiger partial charge in [-0.15, -0.1) is 11.3 Å². The van der Waals surface area contributed by atoms with Crippen molar-refractivity contribution in [1.29, 1.82) is 0 Å². The molecule has 8 heteroatoms. The van der Waals surface area contributed by atoms with Crippen LogP contribution in [0.15, 0.2) is 14.3 Å². The first kappa shape index (κ1) is 15.3. The smallest absolute Gasteiger partial charge is 0.337 e. The van der Waals surface area contributed by atoms with Crippen molar-refractivity contribution in [3.8, 4) is 0 Å². The van der Waals surface area contributed by atoms with E-state index in [-0.39, 0.29) is 18.9 Å². The Morgan fingerprint density at radius 2 is 2.11 bits per heavy atom. The van der Waals surface area contributed by atoms with Crippen molar-refractivity contribution in [3.05, 3.63) is 19.2 Å². The first-order valence-corrected chi connectivity index (χ1v) is 8.00. The second-order valence-corrected chi connectivity index (χ2v) is 7.59. The Kier molecular flexibility index (Phi) is 4.62. The average Bonchev–Trinajstić information content (AvgIpc) is 2.68. The molecule has 1 amide bonds. The standard InChI is InChI=1S/C11H10Br2F3NOS/c12-7-4-8(19-9(7)13)10(18)17-3-1-2-6(5-17)11(14,15)16/h4,6H,1-3,5H2. The van der Waals surface area contributed by atoms with Gasteiger partial charge in [0.15, 0.2) is 0 Å². The molecule has 2 rings (SSSR count). The first-order chi connectivity index (χ1) is 8.79. The van der Waals surface area contributed by atoms with Crippen LogP contribution >= 0.6 is 43.2 Å². The maximum Gasteiger partial charge on any atom is 0.393 e. The number of carbonyl (C=O) groups excluding carboxylic acids is 1. The number of hydrogen-bond donors (Lipinski definition) is 0. The summed E-state index contributed by atoms with van der Waals surface area (Å²) in [6.07, 6.45) is -3.73. The molecule has 1 saturated heterocycles. The monoisotopic (exact) mass is 419 g/mol. The largest absolute Gasteiger partial charge is 0.393 e. The molecule has 1 unspecified atom stereocenters. The van der Waals surface area contributed by atoms with E-state index in [1.807, 2.05) is 0 Å². The van der Waals surface area contributed by atoms with E-state index < -0.39 is 12.1 Å². The molecule has 0 bridgehead atoms. The highest BCUT2D eigenvalue weighted by Crippen LogP contribution is 2.36.